The predicted molar refractivity (Wildman–Crippen MR) is 56.2 cm³/mol. The molecule has 1 aromatic carbocycles. The van der Waals surface area contributed by atoms with Crippen molar-refractivity contribution in [3.8, 4) is 5.75 Å². The molecule has 3 N–H and O–H groups in total. The predicted octanol–water partition coefficient (Wildman–Crippen LogP) is 1.47. The summed E-state index contributed by atoms with van der Waals surface area (Å²) in [6, 6.07) is 7.11. The molecule has 0 amide bonds. The number of aliphatic hydroxyl groups is 1. The minimum Gasteiger partial charge on any atom is -0.496 e. The van der Waals surface area contributed by atoms with Gasteiger partial charge in [0.25, 0.3) is 0 Å². The van der Waals surface area contributed by atoms with E-state index in [4.69, 9.17) is 10.5 Å². The molecule has 3 nitrogen and oxygen atoms in total. The highest BCUT2D eigenvalue weighted by Gasteiger charge is 2.17. The fourth-order valence-electron chi connectivity index (χ4n) is 1.40. The molecule has 0 saturated carbocycles. The zero-order valence-electron chi connectivity index (χ0n) is 8.60. The summed E-state index contributed by atoms with van der Waals surface area (Å²) in [6.07, 6.45) is 0.116. The first-order valence-electron chi connectivity index (χ1n) is 4.77. The van der Waals surface area contributed by atoms with E-state index < -0.39 is 6.10 Å². The van der Waals surface area contributed by atoms with Gasteiger partial charge in [-0.15, -0.1) is 0 Å². The summed E-state index contributed by atoms with van der Waals surface area (Å²) in [5, 5.41) is 9.62. The number of aliphatic hydroxyl groups excluding tert-OH is 1. The van der Waals surface area contributed by atoms with Crippen molar-refractivity contribution in [2.45, 2.75) is 25.5 Å². The molecular weight excluding hydrogens is 178 g/mol. The van der Waals surface area contributed by atoms with Crippen molar-refractivity contribution in [2.24, 2.45) is 5.73 Å². The SMILES string of the molecule is CCC(O)C(N)c1ccccc1OC. The molecule has 2 atom stereocenters. The molecule has 1 rings (SSSR count). The van der Waals surface area contributed by atoms with Crippen LogP contribution >= 0.6 is 0 Å². The molecule has 0 aliphatic carbocycles. The number of ether oxygens (including phenoxy) is 1. The Hall–Kier alpha value is -1.06. The average Bonchev–Trinajstić information content (AvgIpc) is 2.26. The Morgan fingerprint density at radius 2 is 2.07 bits per heavy atom. The molecule has 0 heterocycles. The Balaban J connectivity index is 2.93. The Kier molecular flexibility index (Phi) is 3.92. The maximum Gasteiger partial charge on any atom is 0.123 e. The Morgan fingerprint density at radius 3 is 2.64 bits per heavy atom. The van der Waals surface area contributed by atoms with Crippen LogP contribution in [-0.2, 0) is 0 Å². The fourth-order valence-corrected chi connectivity index (χ4v) is 1.40. The van der Waals surface area contributed by atoms with Crippen LogP contribution in [-0.4, -0.2) is 18.3 Å². The van der Waals surface area contributed by atoms with Gasteiger partial charge in [0.05, 0.1) is 19.3 Å². The van der Waals surface area contributed by atoms with Crippen molar-refractivity contribution in [3.63, 3.8) is 0 Å². The Morgan fingerprint density at radius 1 is 1.43 bits per heavy atom. The van der Waals surface area contributed by atoms with Crippen LogP contribution in [0.1, 0.15) is 24.9 Å². The van der Waals surface area contributed by atoms with Crippen molar-refractivity contribution >= 4 is 0 Å². The quantitative estimate of drug-likeness (QED) is 0.764. The molecule has 0 fully saturated rings. The third-order valence-electron chi connectivity index (χ3n) is 2.33. The van der Waals surface area contributed by atoms with Crippen LogP contribution < -0.4 is 10.5 Å². The number of rotatable bonds is 4. The van der Waals surface area contributed by atoms with Crippen molar-refractivity contribution in [1.29, 1.82) is 0 Å². The number of para-hydroxylation sites is 1. The van der Waals surface area contributed by atoms with Crippen LogP contribution in [0.25, 0.3) is 0 Å². The molecule has 0 bridgehead atoms. The highest BCUT2D eigenvalue weighted by atomic mass is 16.5. The average molecular weight is 195 g/mol. The standard InChI is InChI=1S/C11H17NO2/c1-3-9(13)11(12)8-6-4-5-7-10(8)14-2/h4-7,9,11,13H,3,12H2,1-2H3. The van der Waals surface area contributed by atoms with Crippen molar-refractivity contribution in [3.05, 3.63) is 29.8 Å². The molecule has 78 valence electrons. The second-order valence-electron chi connectivity index (χ2n) is 3.24. The van der Waals surface area contributed by atoms with Crippen LogP contribution in [0.2, 0.25) is 0 Å². The summed E-state index contributed by atoms with van der Waals surface area (Å²) in [7, 11) is 1.60. The summed E-state index contributed by atoms with van der Waals surface area (Å²) >= 11 is 0. The molecule has 0 spiro atoms. The summed E-state index contributed by atoms with van der Waals surface area (Å²) in [5.74, 6) is 0.729. The molecule has 0 radical (unpaired) electrons. The second kappa shape index (κ2) is 4.98. The van der Waals surface area contributed by atoms with Crippen LogP contribution in [0.3, 0.4) is 0 Å². The van der Waals surface area contributed by atoms with E-state index in [2.05, 4.69) is 0 Å². The third kappa shape index (κ3) is 2.25. The second-order valence-corrected chi connectivity index (χ2v) is 3.24. The van der Waals surface area contributed by atoms with E-state index >= 15 is 0 Å². The van der Waals surface area contributed by atoms with Gasteiger partial charge in [0, 0.05) is 5.56 Å². The van der Waals surface area contributed by atoms with Crippen LogP contribution in [0.5, 0.6) is 5.75 Å². The zero-order valence-corrected chi connectivity index (χ0v) is 8.60. The molecule has 0 aromatic heterocycles. The van der Waals surface area contributed by atoms with E-state index in [0.717, 1.165) is 11.3 Å². The topological polar surface area (TPSA) is 55.5 Å². The largest absolute Gasteiger partial charge is 0.496 e. The lowest BCUT2D eigenvalue weighted by molar-refractivity contribution is 0.139. The number of hydrogen-bond donors (Lipinski definition) is 2. The number of benzene rings is 1. The van der Waals surface area contributed by atoms with Gasteiger partial charge in [-0.2, -0.15) is 0 Å². The van der Waals surface area contributed by atoms with E-state index in [1.165, 1.54) is 0 Å². The van der Waals surface area contributed by atoms with Gasteiger partial charge in [0.1, 0.15) is 5.75 Å². The fraction of sp³-hybridized carbons (Fsp3) is 0.455. The van der Waals surface area contributed by atoms with Gasteiger partial charge in [-0.3, -0.25) is 0 Å². The third-order valence-corrected chi connectivity index (χ3v) is 2.33. The van der Waals surface area contributed by atoms with Crippen LogP contribution in [0.4, 0.5) is 0 Å². The summed E-state index contributed by atoms with van der Waals surface area (Å²) in [6.45, 7) is 1.90. The number of nitrogens with two attached hydrogens (primary N) is 1. The minimum absolute atomic E-state index is 0.379. The first kappa shape index (κ1) is 11.0. The zero-order chi connectivity index (χ0) is 10.6. The number of methoxy groups -OCH3 is 1. The molecular formula is C11H17NO2. The lowest BCUT2D eigenvalue weighted by Crippen LogP contribution is -2.25. The van der Waals surface area contributed by atoms with Gasteiger partial charge in [0.15, 0.2) is 0 Å². The van der Waals surface area contributed by atoms with E-state index in [9.17, 15) is 5.11 Å². The normalized spacial score (nSPS) is 14.9. The van der Waals surface area contributed by atoms with Crippen molar-refractivity contribution in [2.75, 3.05) is 7.11 Å². The molecule has 2 unspecified atom stereocenters. The summed E-state index contributed by atoms with van der Waals surface area (Å²) in [4.78, 5) is 0. The van der Waals surface area contributed by atoms with Crippen LogP contribution in [0, 0.1) is 0 Å². The van der Waals surface area contributed by atoms with Gasteiger partial charge >= 0.3 is 0 Å². The lowest BCUT2D eigenvalue weighted by Gasteiger charge is -2.19. The molecule has 14 heavy (non-hydrogen) atoms. The molecule has 0 aliphatic heterocycles. The van der Waals surface area contributed by atoms with E-state index in [1.807, 2.05) is 31.2 Å². The van der Waals surface area contributed by atoms with Gasteiger partial charge < -0.3 is 15.6 Å². The minimum atomic E-state index is -0.522. The monoisotopic (exact) mass is 195 g/mol. The smallest absolute Gasteiger partial charge is 0.123 e. The van der Waals surface area contributed by atoms with E-state index in [1.54, 1.807) is 7.11 Å². The first-order valence-corrected chi connectivity index (χ1v) is 4.77. The summed E-state index contributed by atoms with van der Waals surface area (Å²) in [5.41, 5.74) is 6.75. The summed E-state index contributed by atoms with van der Waals surface area (Å²) < 4.78 is 5.17. The van der Waals surface area contributed by atoms with Crippen molar-refractivity contribution in [1.82, 2.24) is 0 Å². The van der Waals surface area contributed by atoms with E-state index in [0.29, 0.717) is 6.42 Å². The molecule has 3 heteroatoms. The Bertz CT molecular complexity index is 288. The lowest BCUT2D eigenvalue weighted by atomic mass is 10.00. The van der Waals surface area contributed by atoms with Crippen molar-refractivity contribution < 1.29 is 9.84 Å². The highest BCUT2D eigenvalue weighted by molar-refractivity contribution is 5.36. The van der Waals surface area contributed by atoms with Crippen LogP contribution in [0.15, 0.2) is 24.3 Å². The maximum atomic E-state index is 9.62. The molecule has 1 aromatic rings. The Labute approximate surface area is 84.5 Å². The van der Waals surface area contributed by atoms with Gasteiger partial charge in [-0.1, -0.05) is 25.1 Å². The molecule has 0 saturated heterocycles. The first-order chi connectivity index (χ1) is 6.70. The van der Waals surface area contributed by atoms with E-state index in [-0.39, 0.29) is 6.04 Å². The molecule has 0 aliphatic rings. The highest BCUT2D eigenvalue weighted by Crippen LogP contribution is 2.25. The van der Waals surface area contributed by atoms with Gasteiger partial charge in [-0.05, 0) is 12.5 Å². The number of hydrogen-bond acceptors (Lipinski definition) is 3. The van der Waals surface area contributed by atoms with Gasteiger partial charge in [0.2, 0.25) is 0 Å². The maximum absolute atomic E-state index is 9.62. The van der Waals surface area contributed by atoms with Gasteiger partial charge in [-0.25, -0.2) is 0 Å².